The zero-order valence-corrected chi connectivity index (χ0v) is 25.4. The number of hydrogen-bond acceptors (Lipinski definition) is 6. The van der Waals surface area contributed by atoms with Crippen LogP contribution in [0.3, 0.4) is 0 Å². The first-order valence-electron chi connectivity index (χ1n) is 14.1. The fourth-order valence-corrected chi connectivity index (χ4v) is 4.74. The van der Waals surface area contributed by atoms with Crippen LogP contribution in [0.25, 0.3) is 17.0 Å². The van der Waals surface area contributed by atoms with Gasteiger partial charge < -0.3 is 20.3 Å². The lowest BCUT2D eigenvalue weighted by Gasteiger charge is -2.23. The molecule has 9 nitrogen and oxygen atoms in total. The molecule has 4 rings (SSSR count). The fraction of sp³-hybridized carbons (Fsp3) is 0.265. The van der Waals surface area contributed by atoms with E-state index in [4.69, 9.17) is 9.72 Å². The third kappa shape index (κ3) is 7.62. The summed E-state index contributed by atoms with van der Waals surface area (Å²) >= 11 is 0. The number of nitrogens with zero attached hydrogens (tertiary/aromatic N) is 3. The highest BCUT2D eigenvalue weighted by Gasteiger charge is 2.17. The molecule has 2 aromatic heterocycles. The average molecular weight is 580 g/mol. The van der Waals surface area contributed by atoms with Crippen molar-refractivity contribution in [1.82, 2.24) is 15.3 Å². The summed E-state index contributed by atoms with van der Waals surface area (Å²) in [5.41, 5.74) is 7.30. The smallest absolute Gasteiger partial charge is 0.246 e. The Kier molecular flexibility index (Phi) is 9.87. The minimum atomic E-state index is -0.408. The Morgan fingerprint density at radius 3 is 2.51 bits per heavy atom. The van der Waals surface area contributed by atoms with E-state index in [-0.39, 0.29) is 18.4 Å². The molecule has 0 atom stereocenters. The van der Waals surface area contributed by atoms with Crippen molar-refractivity contribution in [2.45, 2.75) is 47.6 Å². The number of aromatic nitrogens is 2. The van der Waals surface area contributed by atoms with E-state index in [1.54, 1.807) is 43.3 Å². The Hall–Kier alpha value is -5.05. The summed E-state index contributed by atoms with van der Waals surface area (Å²) in [6.07, 6.45) is 4.84. The van der Waals surface area contributed by atoms with Gasteiger partial charge in [-0.2, -0.15) is 0 Å². The summed E-state index contributed by atoms with van der Waals surface area (Å²) in [7, 11) is 1.69. The monoisotopic (exact) mass is 579 g/mol. The van der Waals surface area contributed by atoms with E-state index in [9.17, 15) is 14.4 Å². The number of aryl methyl sites for hydroxylation is 3. The number of ether oxygens (including phenoxy) is 1. The molecule has 4 aromatic rings. The van der Waals surface area contributed by atoms with Crippen molar-refractivity contribution in [2.24, 2.45) is 0 Å². The molecule has 0 unspecified atom stereocenters. The van der Waals surface area contributed by atoms with Gasteiger partial charge in [0.05, 0.1) is 6.54 Å². The molecule has 0 saturated heterocycles. The van der Waals surface area contributed by atoms with Gasteiger partial charge in [0.1, 0.15) is 23.7 Å². The highest BCUT2D eigenvalue weighted by molar-refractivity contribution is 5.99. The van der Waals surface area contributed by atoms with Crippen molar-refractivity contribution < 1.29 is 19.1 Å². The van der Waals surface area contributed by atoms with E-state index in [1.807, 2.05) is 51.1 Å². The Bertz CT molecular complexity index is 1700. The SMILES string of the molecule is CCC(=O)Nc1ccc(C=CC(=O)NCC(=O)N(C)c2ccc(C)c(COc3cccc4c(C)cc(C)nc34)c2C)cn1. The van der Waals surface area contributed by atoms with Crippen molar-refractivity contribution in [3.63, 3.8) is 0 Å². The number of fused-ring (bicyclic) bond motifs is 1. The Morgan fingerprint density at radius 1 is 1.00 bits per heavy atom. The largest absolute Gasteiger partial charge is 0.487 e. The van der Waals surface area contributed by atoms with Gasteiger partial charge in [-0.05, 0) is 91.9 Å². The minimum Gasteiger partial charge on any atom is -0.487 e. The number of carbonyl (C=O) groups excluding carboxylic acids is 3. The number of hydrogen-bond donors (Lipinski definition) is 2. The van der Waals surface area contributed by atoms with Gasteiger partial charge in [-0.25, -0.2) is 9.97 Å². The molecule has 0 spiro atoms. The average Bonchev–Trinajstić information content (AvgIpc) is 2.99. The van der Waals surface area contributed by atoms with Crippen molar-refractivity contribution >= 4 is 46.2 Å². The van der Waals surface area contributed by atoms with Gasteiger partial charge in [-0.15, -0.1) is 0 Å². The van der Waals surface area contributed by atoms with Crippen molar-refractivity contribution in [1.29, 1.82) is 0 Å². The van der Waals surface area contributed by atoms with E-state index < -0.39 is 5.91 Å². The summed E-state index contributed by atoms with van der Waals surface area (Å²) in [6, 6.07) is 15.3. The number of nitrogens with one attached hydrogen (secondary N) is 2. The van der Waals surface area contributed by atoms with Crippen LogP contribution < -0.4 is 20.3 Å². The number of likely N-dealkylation sites (N-methyl/N-ethyl adjacent to an activating group) is 1. The van der Waals surface area contributed by atoms with Crippen LogP contribution in [0.4, 0.5) is 11.5 Å². The normalized spacial score (nSPS) is 11.0. The molecule has 2 aromatic carbocycles. The number of rotatable bonds is 10. The van der Waals surface area contributed by atoms with Gasteiger partial charge in [-0.3, -0.25) is 14.4 Å². The highest BCUT2D eigenvalue weighted by atomic mass is 16.5. The quantitative estimate of drug-likeness (QED) is 0.237. The van der Waals surface area contributed by atoms with Gasteiger partial charge in [0.15, 0.2) is 0 Å². The second kappa shape index (κ2) is 13.7. The van der Waals surface area contributed by atoms with E-state index in [2.05, 4.69) is 28.6 Å². The number of anilines is 2. The Balaban J connectivity index is 1.38. The predicted molar refractivity (Wildman–Crippen MR) is 170 cm³/mol. The molecule has 0 radical (unpaired) electrons. The predicted octanol–water partition coefficient (Wildman–Crippen LogP) is 5.58. The fourth-order valence-electron chi connectivity index (χ4n) is 4.74. The molecule has 2 heterocycles. The molecule has 0 saturated carbocycles. The molecular weight excluding hydrogens is 542 g/mol. The molecule has 9 heteroatoms. The van der Waals surface area contributed by atoms with Crippen LogP contribution in [0.2, 0.25) is 0 Å². The molecule has 0 aliphatic rings. The number of amides is 3. The minimum absolute atomic E-state index is 0.126. The summed E-state index contributed by atoms with van der Waals surface area (Å²) in [6.45, 7) is 9.94. The summed E-state index contributed by atoms with van der Waals surface area (Å²) in [4.78, 5) is 47.3. The maximum absolute atomic E-state index is 13.0. The van der Waals surface area contributed by atoms with Gasteiger partial charge in [0, 0.05) is 42.5 Å². The lowest BCUT2D eigenvalue weighted by molar-refractivity contribution is -0.122. The van der Waals surface area contributed by atoms with Crippen LogP contribution in [0.1, 0.15) is 46.9 Å². The zero-order valence-electron chi connectivity index (χ0n) is 25.4. The van der Waals surface area contributed by atoms with Crippen LogP contribution in [0, 0.1) is 27.7 Å². The van der Waals surface area contributed by atoms with E-state index in [1.165, 1.54) is 6.08 Å². The summed E-state index contributed by atoms with van der Waals surface area (Å²) in [5, 5.41) is 6.37. The molecule has 0 bridgehead atoms. The van der Waals surface area contributed by atoms with Crippen LogP contribution in [0.15, 0.2) is 60.8 Å². The van der Waals surface area contributed by atoms with Crippen molar-refractivity contribution in [3.8, 4) is 5.75 Å². The third-order valence-corrected chi connectivity index (χ3v) is 7.26. The standard InChI is InChI=1S/C34H37N5O4/c1-7-31(40)38-30-15-12-25(18-35-30)13-16-32(41)36-19-33(42)39(6)28-14-11-21(2)27(24(28)5)20-43-29-10-8-9-26-22(3)17-23(4)37-34(26)29/h8-18H,7,19-20H2,1-6H3,(H,36,41)(H,35,38,40). The first-order chi connectivity index (χ1) is 20.6. The molecule has 3 amide bonds. The first-order valence-corrected chi connectivity index (χ1v) is 14.1. The lowest BCUT2D eigenvalue weighted by Crippen LogP contribution is -2.38. The molecule has 2 N–H and O–H groups in total. The lowest BCUT2D eigenvalue weighted by atomic mass is 10.0. The van der Waals surface area contributed by atoms with Gasteiger partial charge in [-0.1, -0.05) is 25.1 Å². The van der Waals surface area contributed by atoms with Crippen LogP contribution in [0.5, 0.6) is 5.75 Å². The van der Waals surface area contributed by atoms with E-state index in [0.29, 0.717) is 30.2 Å². The molecule has 0 aliphatic carbocycles. The Labute approximate surface area is 252 Å². The first kappa shape index (κ1) is 30.9. The Morgan fingerprint density at radius 2 is 1.79 bits per heavy atom. The molecule has 43 heavy (non-hydrogen) atoms. The van der Waals surface area contributed by atoms with Crippen LogP contribution >= 0.6 is 0 Å². The van der Waals surface area contributed by atoms with Gasteiger partial charge in [0.2, 0.25) is 17.7 Å². The third-order valence-electron chi connectivity index (χ3n) is 7.26. The van der Waals surface area contributed by atoms with Crippen molar-refractivity contribution in [2.75, 3.05) is 23.8 Å². The maximum atomic E-state index is 13.0. The summed E-state index contributed by atoms with van der Waals surface area (Å²) in [5.74, 6) is 0.359. The maximum Gasteiger partial charge on any atom is 0.246 e. The molecule has 0 aliphatic heterocycles. The molecule has 0 fully saturated rings. The van der Waals surface area contributed by atoms with Crippen LogP contribution in [-0.4, -0.2) is 41.3 Å². The second-order valence-corrected chi connectivity index (χ2v) is 10.4. The van der Waals surface area contributed by atoms with Crippen molar-refractivity contribution in [3.05, 3.63) is 94.3 Å². The number of pyridine rings is 2. The van der Waals surface area contributed by atoms with Crippen LogP contribution in [-0.2, 0) is 21.0 Å². The summed E-state index contributed by atoms with van der Waals surface area (Å²) < 4.78 is 6.29. The van der Waals surface area contributed by atoms with Gasteiger partial charge in [0.25, 0.3) is 0 Å². The van der Waals surface area contributed by atoms with E-state index in [0.717, 1.165) is 44.5 Å². The number of carbonyl (C=O) groups is 3. The zero-order chi connectivity index (χ0) is 31.1. The molecular formula is C34H37N5O4. The number of benzene rings is 2. The van der Waals surface area contributed by atoms with Gasteiger partial charge >= 0.3 is 0 Å². The second-order valence-electron chi connectivity index (χ2n) is 10.4. The highest BCUT2D eigenvalue weighted by Crippen LogP contribution is 2.30. The molecule has 222 valence electrons. The number of para-hydroxylation sites is 1. The van der Waals surface area contributed by atoms with E-state index >= 15 is 0 Å². The topological polar surface area (TPSA) is 114 Å².